The molecule has 0 radical (unpaired) electrons. The van der Waals surface area contributed by atoms with Gasteiger partial charge < -0.3 is 83.3 Å². The Balaban J connectivity index is 0.965. The molecule has 6 rings (SSSR count). The van der Waals surface area contributed by atoms with Gasteiger partial charge in [0.2, 0.25) is 23.7 Å². The van der Waals surface area contributed by atoms with Crippen LogP contribution in [0.2, 0.25) is 0 Å². The van der Waals surface area contributed by atoms with Gasteiger partial charge in [-0.1, -0.05) is 70.1 Å². The number of nitrogens with zero attached hydrogens (tertiary/aromatic N) is 4. The number of rotatable bonds is 39. The molecule has 0 fully saturated rings. The standard InChI is InChI=1S/C59H73N11O17S3/c1-31(72)22-33(12-16-47(76)64-27-45(74)51(79)52(80)46(75)28-71)56(82)68-43(26-63-48(77)18-20-88-30-41-39-8-4-2-6-37(39)38-7-3-5-9-40(38)41)44(73)23-34(57(83)84)29-90-89-21-19-87-49(78)17-15-42(58(85)86)67-55(81)32-10-13-35(14-11-32)62-24-36-25-65-54-50(66-36)53(60)69-59(61)70-54/h2-11,13-14,25,33-34,41-43,45-46,51-52,62,71,74-75,79-80H,12,15-24,26-30H2,1H3,(H,63,77)(H,64,76)(H,67,81)(H,68,82)(H,83,84)(H,85,86)(H4,60,61,65,69,70)/t33-,34+,42+,43+,45+,46-,51-,52-/m1/s1. The van der Waals surface area contributed by atoms with E-state index in [1.165, 1.54) is 36.4 Å². The predicted octanol–water partition coefficient (Wildman–Crippen LogP) is 1.21. The number of esters is 1. The van der Waals surface area contributed by atoms with Crippen molar-refractivity contribution in [2.24, 2.45) is 11.8 Å². The molecule has 1 aliphatic rings. The van der Waals surface area contributed by atoms with Gasteiger partial charge in [0.1, 0.15) is 42.8 Å². The van der Waals surface area contributed by atoms with Crippen LogP contribution in [-0.2, 0) is 49.6 Å². The number of nitrogens with one attached hydrogen (secondary N) is 5. The number of nitrogen functional groups attached to an aromatic ring is 2. The predicted molar refractivity (Wildman–Crippen MR) is 335 cm³/mol. The zero-order valence-corrected chi connectivity index (χ0v) is 51.3. The number of aliphatic hydroxyl groups excluding tert-OH is 5. The number of anilines is 3. The summed E-state index contributed by atoms with van der Waals surface area (Å²) in [5.41, 5.74) is 18.0. The van der Waals surface area contributed by atoms with Gasteiger partial charge in [-0.15, -0.1) is 0 Å². The number of ether oxygens (including phenoxy) is 1. The highest BCUT2D eigenvalue weighted by atomic mass is 33.1. The molecule has 0 aliphatic heterocycles. The molecule has 0 spiro atoms. The van der Waals surface area contributed by atoms with Gasteiger partial charge >= 0.3 is 17.9 Å². The molecule has 28 nitrogen and oxygen atoms in total. The van der Waals surface area contributed by atoms with E-state index in [4.69, 9.17) is 21.3 Å². The second kappa shape index (κ2) is 35.4. The molecule has 484 valence electrons. The highest BCUT2D eigenvalue weighted by Crippen LogP contribution is 2.45. The molecule has 90 heavy (non-hydrogen) atoms. The van der Waals surface area contributed by atoms with Crippen molar-refractivity contribution in [2.45, 2.75) is 101 Å². The number of nitrogens with two attached hydrogens (primary N) is 2. The largest absolute Gasteiger partial charge is 0.481 e. The molecule has 5 aromatic rings. The Hall–Kier alpha value is -8.04. The molecule has 1 aliphatic carbocycles. The third-order valence-electron chi connectivity index (χ3n) is 14.3. The van der Waals surface area contributed by atoms with Crippen LogP contribution in [0.5, 0.6) is 0 Å². The minimum Gasteiger partial charge on any atom is -0.481 e. The minimum atomic E-state index is -1.96. The highest BCUT2D eigenvalue weighted by Gasteiger charge is 2.34. The van der Waals surface area contributed by atoms with Crippen LogP contribution in [0.1, 0.15) is 85.0 Å². The molecule has 2 aromatic heterocycles. The summed E-state index contributed by atoms with van der Waals surface area (Å²) >= 11 is 1.56. The number of ketones is 2. The molecular formula is C59H73N11O17S3. The zero-order chi connectivity index (χ0) is 65.4. The van der Waals surface area contributed by atoms with Crippen molar-refractivity contribution < 1.29 is 83.6 Å². The number of fused-ring (bicyclic) bond motifs is 4. The van der Waals surface area contributed by atoms with E-state index in [2.05, 4.69) is 70.8 Å². The van der Waals surface area contributed by atoms with Gasteiger partial charge in [0, 0.05) is 91.3 Å². The Labute approximate surface area is 528 Å². The van der Waals surface area contributed by atoms with Crippen LogP contribution in [-0.4, -0.2) is 195 Å². The maximum absolute atomic E-state index is 14.0. The zero-order valence-electron chi connectivity index (χ0n) is 48.9. The molecule has 8 atom stereocenters. The van der Waals surface area contributed by atoms with Crippen LogP contribution < -0.4 is 38.1 Å². The average Bonchev–Trinajstić information content (AvgIpc) is 2.28. The fraction of sp³-hybridized carbons (Fsp3) is 0.441. The Morgan fingerprint density at radius 2 is 1.34 bits per heavy atom. The average molecular weight is 1300 g/mol. The summed E-state index contributed by atoms with van der Waals surface area (Å²) in [5, 5.41) is 82.0. The molecule has 2 heterocycles. The monoisotopic (exact) mass is 1300 g/mol. The maximum atomic E-state index is 14.0. The van der Waals surface area contributed by atoms with Crippen molar-refractivity contribution in [3.05, 3.63) is 101 Å². The normalized spacial score (nSPS) is 14.5. The first kappa shape index (κ1) is 71.0. The first-order valence-electron chi connectivity index (χ1n) is 28.5. The number of carboxylic acid groups (broad SMARTS) is 2. The van der Waals surface area contributed by atoms with Gasteiger partial charge in [-0.3, -0.25) is 33.6 Å². The molecule has 0 unspecified atom stereocenters. The quantitative estimate of drug-likeness (QED) is 0.0149. The molecule has 16 N–H and O–H groups in total. The summed E-state index contributed by atoms with van der Waals surface area (Å²) < 4.78 is 5.25. The third-order valence-corrected chi connectivity index (χ3v) is 17.8. The number of amides is 4. The van der Waals surface area contributed by atoms with Crippen LogP contribution in [0.4, 0.5) is 17.5 Å². The molecule has 0 bridgehead atoms. The van der Waals surface area contributed by atoms with E-state index in [-0.39, 0.29) is 91.2 Å². The van der Waals surface area contributed by atoms with Gasteiger partial charge in [-0.2, -0.15) is 21.7 Å². The number of carboxylic acids is 2. The van der Waals surface area contributed by atoms with E-state index in [0.717, 1.165) is 32.7 Å². The Kier molecular flexibility index (Phi) is 27.9. The number of benzene rings is 3. The fourth-order valence-electron chi connectivity index (χ4n) is 9.43. The van der Waals surface area contributed by atoms with Gasteiger partial charge in [-0.25, -0.2) is 14.8 Å². The van der Waals surface area contributed by atoms with E-state index in [9.17, 15) is 73.8 Å². The van der Waals surface area contributed by atoms with Crippen LogP contribution in [0.3, 0.4) is 0 Å². The molecule has 0 saturated heterocycles. The van der Waals surface area contributed by atoms with Crippen molar-refractivity contribution >= 4 is 115 Å². The molecule has 3 aromatic carbocycles. The number of hydrogen-bond donors (Lipinski definition) is 14. The van der Waals surface area contributed by atoms with Crippen LogP contribution in [0.25, 0.3) is 22.3 Å². The second-order valence-corrected chi connectivity index (χ2v) is 24.8. The minimum absolute atomic E-state index is 0.0284. The summed E-state index contributed by atoms with van der Waals surface area (Å²) in [5.74, 6) is -8.81. The lowest BCUT2D eigenvalue weighted by atomic mass is 9.94. The summed E-state index contributed by atoms with van der Waals surface area (Å²) in [6.45, 7) is -0.720. The smallest absolute Gasteiger partial charge is 0.326 e. The van der Waals surface area contributed by atoms with Crippen molar-refractivity contribution in [3.63, 3.8) is 0 Å². The molecule has 4 amide bonds. The lowest BCUT2D eigenvalue weighted by Gasteiger charge is -2.26. The number of thioether (sulfide) groups is 1. The van der Waals surface area contributed by atoms with Crippen molar-refractivity contribution in [3.8, 4) is 11.1 Å². The topological polar surface area (TPSA) is 468 Å². The Bertz CT molecular complexity index is 3290. The number of aliphatic carboxylic acids is 2. The molecule has 31 heteroatoms. The highest BCUT2D eigenvalue weighted by molar-refractivity contribution is 8.76. The van der Waals surface area contributed by atoms with E-state index in [1.807, 2.05) is 24.3 Å². The maximum Gasteiger partial charge on any atom is 0.326 e. The number of carbonyl (C=O) groups excluding carboxylic acids is 7. The lowest BCUT2D eigenvalue weighted by Crippen LogP contribution is -2.51. The molecule has 0 saturated carbocycles. The van der Waals surface area contributed by atoms with Gasteiger partial charge in [0.15, 0.2) is 22.8 Å². The van der Waals surface area contributed by atoms with E-state index < -0.39 is 134 Å². The number of carbonyl (C=O) groups is 9. The number of aliphatic hydroxyl groups is 5. The summed E-state index contributed by atoms with van der Waals surface area (Å²) in [6.07, 6.45) is -8.30. The van der Waals surface area contributed by atoms with Crippen LogP contribution in [0, 0.1) is 11.8 Å². The van der Waals surface area contributed by atoms with Crippen LogP contribution >= 0.6 is 33.3 Å². The Morgan fingerprint density at radius 1 is 0.689 bits per heavy atom. The summed E-state index contributed by atoms with van der Waals surface area (Å²) in [6, 6.07) is 19.4. The van der Waals surface area contributed by atoms with Crippen molar-refractivity contribution in [2.75, 3.05) is 66.1 Å². The first-order chi connectivity index (χ1) is 43.0. The third kappa shape index (κ3) is 21.6. The summed E-state index contributed by atoms with van der Waals surface area (Å²) in [7, 11) is 2.17. The van der Waals surface area contributed by atoms with Gasteiger partial charge in [0.25, 0.3) is 5.91 Å². The van der Waals surface area contributed by atoms with Crippen LogP contribution in [0.15, 0.2) is 79.0 Å². The van der Waals surface area contributed by atoms with Gasteiger partial charge in [0.05, 0.1) is 37.1 Å². The van der Waals surface area contributed by atoms with Crippen molar-refractivity contribution in [1.82, 2.24) is 41.2 Å². The fourth-order valence-corrected chi connectivity index (χ4v) is 12.6. The van der Waals surface area contributed by atoms with E-state index >= 15 is 0 Å². The Morgan fingerprint density at radius 3 is 2.00 bits per heavy atom. The van der Waals surface area contributed by atoms with Crippen molar-refractivity contribution in [1.29, 1.82) is 0 Å². The number of aromatic nitrogens is 4. The first-order valence-corrected chi connectivity index (χ1v) is 32.2. The van der Waals surface area contributed by atoms with Gasteiger partial charge in [-0.05, 0) is 66.3 Å². The number of hydrogen-bond acceptors (Lipinski definition) is 25. The SMILES string of the molecule is CC(=O)C[C@@H](CCC(=O)NC[C@H](O)[C@@H](O)[C@H](O)[C@H](O)CO)C(=O)N[C@@H](CNC(=O)CCSCC1c2ccccc2-c2ccccc21)C(=O)C[C@@H](CSSCCOC(=O)CC[C@H](NC(=O)c1ccc(NCc2cnc3nc(N)nc(N)c3n2)cc1)C(=O)O)C(=O)O. The van der Waals surface area contributed by atoms with E-state index in [0.29, 0.717) is 22.9 Å². The second-order valence-electron chi connectivity index (χ2n) is 21.0. The lowest BCUT2D eigenvalue weighted by molar-refractivity contribution is -0.144. The summed E-state index contributed by atoms with van der Waals surface area (Å²) in [4.78, 5) is 133. The number of Topliss-reactive ketones (excluding diaryl/α,β-unsaturated/α-hetero) is 2. The molecular weight excluding hydrogens is 1230 g/mol. The van der Waals surface area contributed by atoms with E-state index in [1.54, 1.807) is 23.9 Å².